The number of allylic oxidation sites excluding steroid dienone is 1. The van der Waals surface area contributed by atoms with Gasteiger partial charge in [-0.05, 0) is 20.8 Å². The molecule has 0 fully saturated rings. The van der Waals surface area contributed by atoms with Gasteiger partial charge in [0.15, 0.2) is 0 Å². The van der Waals surface area contributed by atoms with E-state index in [9.17, 15) is 0 Å². The first-order valence-corrected chi connectivity index (χ1v) is 4.12. The van der Waals surface area contributed by atoms with Gasteiger partial charge >= 0.3 is 0 Å². The van der Waals surface area contributed by atoms with Crippen molar-refractivity contribution in [1.29, 1.82) is 0 Å². The number of hydroxylamine groups is 3. The molecule has 0 spiro atoms. The van der Waals surface area contributed by atoms with Crippen LogP contribution < -0.4 is 0 Å². The summed E-state index contributed by atoms with van der Waals surface area (Å²) in [6.07, 6.45) is 5.03. The Morgan fingerprint density at radius 3 is 2.77 bits per heavy atom. The summed E-state index contributed by atoms with van der Waals surface area (Å²) in [5, 5.41) is 7.12. The summed E-state index contributed by atoms with van der Waals surface area (Å²) >= 11 is 0. The van der Waals surface area contributed by atoms with E-state index in [4.69, 9.17) is 4.94 Å². The highest BCUT2D eigenvalue weighted by molar-refractivity contribution is 5.86. The average Bonchev–Trinajstić information content (AvgIpc) is 2.45. The Kier molecular flexibility index (Phi) is 1.63. The molecule has 2 aliphatic rings. The van der Waals surface area contributed by atoms with Gasteiger partial charge in [0.05, 0.1) is 18.0 Å². The lowest BCUT2D eigenvalue weighted by atomic mass is 10.1. The van der Waals surface area contributed by atoms with E-state index in [0.717, 1.165) is 5.70 Å². The van der Waals surface area contributed by atoms with Gasteiger partial charge in [-0.25, -0.2) is 10.1 Å². The largest absolute Gasteiger partial charge is 0.240 e. The molecule has 0 radical (unpaired) electrons. The molecule has 0 saturated heterocycles. The highest BCUT2D eigenvalue weighted by Crippen LogP contribution is 2.25. The van der Waals surface area contributed by atoms with Crippen molar-refractivity contribution < 1.29 is 4.94 Å². The van der Waals surface area contributed by atoms with Crippen molar-refractivity contribution in [2.45, 2.75) is 26.3 Å². The number of hydrogen-bond acceptors (Lipinski definition) is 5. The van der Waals surface area contributed by atoms with Gasteiger partial charge in [0, 0.05) is 0 Å². The van der Waals surface area contributed by atoms with Crippen LogP contribution in [-0.2, 0) is 4.94 Å². The molecule has 0 aromatic rings. The van der Waals surface area contributed by atoms with Gasteiger partial charge in [0.1, 0.15) is 12.0 Å². The number of fused-ring (bicyclic) bond motifs is 1. The molecule has 2 rings (SSSR count). The molecular weight excluding hydrogens is 168 g/mol. The Balaban J connectivity index is 2.21. The van der Waals surface area contributed by atoms with E-state index in [-0.39, 0.29) is 5.54 Å². The summed E-state index contributed by atoms with van der Waals surface area (Å²) in [5.41, 5.74) is 0.769. The fraction of sp³-hybridized carbons (Fsp3) is 0.500. The molecule has 0 atom stereocenters. The Morgan fingerprint density at radius 2 is 2.15 bits per heavy atom. The maximum absolute atomic E-state index is 5.41. The van der Waals surface area contributed by atoms with Gasteiger partial charge in [0.25, 0.3) is 0 Å². The summed E-state index contributed by atoms with van der Waals surface area (Å²) in [4.78, 5) is 9.32. The van der Waals surface area contributed by atoms with E-state index in [1.54, 1.807) is 11.3 Å². The van der Waals surface area contributed by atoms with Gasteiger partial charge in [-0.2, -0.15) is 0 Å². The molecule has 0 N–H and O–H groups in total. The molecule has 0 aromatic heterocycles. The second-order valence-corrected chi connectivity index (χ2v) is 3.91. The maximum atomic E-state index is 5.41. The van der Waals surface area contributed by atoms with Crippen molar-refractivity contribution in [3.63, 3.8) is 0 Å². The fourth-order valence-corrected chi connectivity index (χ4v) is 0.997. The molecular formula is C8H12N4O. The first-order chi connectivity index (χ1) is 6.07. The van der Waals surface area contributed by atoms with E-state index >= 15 is 0 Å². The monoisotopic (exact) mass is 180 g/mol. The number of rotatable bonds is 0. The van der Waals surface area contributed by atoms with Gasteiger partial charge in [-0.3, -0.25) is 0 Å². The van der Waals surface area contributed by atoms with E-state index in [1.807, 2.05) is 6.20 Å². The summed E-state index contributed by atoms with van der Waals surface area (Å²) in [6, 6.07) is 0. The van der Waals surface area contributed by atoms with E-state index in [2.05, 4.69) is 30.9 Å². The first-order valence-electron chi connectivity index (χ1n) is 4.12. The highest BCUT2D eigenvalue weighted by atomic mass is 16.9. The van der Waals surface area contributed by atoms with Crippen molar-refractivity contribution in [2.24, 2.45) is 10.1 Å². The number of hydrazone groups is 1. The van der Waals surface area contributed by atoms with E-state index < -0.39 is 0 Å². The zero-order valence-corrected chi connectivity index (χ0v) is 7.93. The van der Waals surface area contributed by atoms with Gasteiger partial charge in [0.2, 0.25) is 0 Å². The summed E-state index contributed by atoms with van der Waals surface area (Å²) < 4.78 is 0. The van der Waals surface area contributed by atoms with Crippen molar-refractivity contribution in [2.75, 3.05) is 0 Å². The zero-order valence-electron chi connectivity index (χ0n) is 7.93. The lowest BCUT2D eigenvalue weighted by Gasteiger charge is -2.29. The second kappa shape index (κ2) is 2.56. The minimum atomic E-state index is -0.0757. The molecule has 70 valence electrons. The molecule has 13 heavy (non-hydrogen) atoms. The third-order valence-corrected chi connectivity index (χ3v) is 1.73. The predicted octanol–water partition coefficient (Wildman–Crippen LogP) is 1.12. The normalized spacial score (nSPS) is 20.7. The van der Waals surface area contributed by atoms with Crippen LogP contribution in [-0.4, -0.2) is 28.3 Å². The van der Waals surface area contributed by atoms with Crippen molar-refractivity contribution in [1.82, 2.24) is 10.2 Å². The van der Waals surface area contributed by atoms with E-state index in [1.165, 1.54) is 11.5 Å². The van der Waals surface area contributed by atoms with Crippen LogP contribution in [0.5, 0.6) is 0 Å². The van der Waals surface area contributed by atoms with Gasteiger partial charge in [-0.1, -0.05) is 0 Å². The Labute approximate surface area is 76.9 Å². The molecule has 0 bridgehead atoms. The maximum Gasteiger partial charge on any atom is 0.138 e. The van der Waals surface area contributed by atoms with Crippen molar-refractivity contribution in [3.05, 3.63) is 11.9 Å². The SMILES string of the molecule is CC(C)(C)N1C=C2C=NC=NN2O1. The minimum absolute atomic E-state index is 0.0757. The van der Waals surface area contributed by atoms with Crippen LogP contribution in [0.4, 0.5) is 0 Å². The Bertz CT molecular complexity index is 300. The molecule has 0 saturated carbocycles. The first kappa shape index (κ1) is 8.25. The molecule has 0 aromatic carbocycles. The zero-order chi connectivity index (χ0) is 9.47. The summed E-state index contributed by atoms with van der Waals surface area (Å²) in [6.45, 7) is 6.18. The Morgan fingerprint density at radius 1 is 1.38 bits per heavy atom. The minimum Gasteiger partial charge on any atom is -0.240 e. The molecule has 0 aliphatic carbocycles. The van der Waals surface area contributed by atoms with E-state index in [0.29, 0.717) is 0 Å². The lowest BCUT2D eigenvalue weighted by molar-refractivity contribution is -0.291. The number of nitrogens with zero attached hydrogens (tertiary/aromatic N) is 4. The summed E-state index contributed by atoms with van der Waals surface area (Å²) in [5.74, 6) is 0. The molecule has 0 unspecified atom stereocenters. The highest BCUT2D eigenvalue weighted by Gasteiger charge is 2.30. The third kappa shape index (κ3) is 1.42. The fourth-order valence-electron chi connectivity index (χ4n) is 0.997. The Hall–Kier alpha value is -1.36. The van der Waals surface area contributed by atoms with Crippen LogP contribution in [0.25, 0.3) is 0 Å². The van der Waals surface area contributed by atoms with Crippen molar-refractivity contribution >= 4 is 12.6 Å². The smallest absolute Gasteiger partial charge is 0.138 e. The van der Waals surface area contributed by atoms with Crippen molar-refractivity contribution in [3.8, 4) is 0 Å². The molecule has 0 amide bonds. The van der Waals surface area contributed by atoms with Crippen LogP contribution in [0.1, 0.15) is 20.8 Å². The molecule has 2 aliphatic heterocycles. The van der Waals surface area contributed by atoms with Crippen LogP contribution in [0.3, 0.4) is 0 Å². The van der Waals surface area contributed by atoms with Crippen LogP contribution in [0.15, 0.2) is 22.0 Å². The van der Waals surface area contributed by atoms with Crippen LogP contribution in [0.2, 0.25) is 0 Å². The lowest BCUT2D eigenvalue weighted by Crippen LogP contribution is -2.36. The van der Waals surface area contributed by atoms with Crippen LogP contribution >= 0.6 is 0 Å². The summed E-state index contributed by atoms with van der Waals surface area (Å²) in [7, 11) is 0. The topological polar surface area (TPSA) is 40.4 Å². The number of aliphatic imine (C=N–C) groups is 1. The quantitative estimate of drug-likeness (QED) is 0.560. The molecule has 5 nitrogen and oxygen atoms in total. The van der Waals surface area contributed by atoms with Gasteiger partial charge < -0.3 is 0 Å². The standard InChI is InChI=1S/C8H12N4O/c1-8(2,3)11-5-7-4-9-6-10-12(7)13-11/h4-6H,1-3H3. The average molecular weight is 180 g/mol. The van der Waals surface area contributed by atoms with Gasteiger partial charge in [-0.15, -0.1) is 15.2 Å². The third-order valence-electron chi connectivity index (χ3n) is 1.73. The van der Waals surface area contributed by atoms with Crippen LogP contribution in [0, 0.1) is 0 Å². The molecule has 2 heterocycles. The molecule has 5 heteroatoms. The number of hydrogen-bond donors (Lipinski definition) is 0. The second-order valence-electron chi connectivity index (χ2n) is 3.91. The predicted molar refractivity (Wildman–Crippen MR) is 49.6 cm³/mol.